The fraction of sp³-hybridized carbons (Fsp3) is 0.552. The molecule has 3 aromatic rings. The van der Waals surface area contributed by atoms with Gasteiger partial charge in [-0.1, -0.05) is 26.7 Å². The highest BCUT2D eigenvalue weighted by Crippen LogP contribution is 2.26. The van der Waals surface area contributed by atoms with Crippen LogP contribution in [0, 0.1) is 0 Å². The lowest BCUT2D eigenvalue weighted by molar-refractivity contribution is 0.302. The lowest BCUT2D eigenvalue weighted by Crippen LogP contribution is -2.26. The predicted octanol–water partition coefficient (Wildman–Crippen LogP) is 4.95. The van der Waals surface area contributed by atoms with Crippen molar-refractivity contribution in [3.05, 3.63) is 42.7 Å². The van der Waals surface area contributed by atoms with Gasteiger partial charge in [0.2, 0.25) is 0 Å². The number of aromatic nitrogens is 2. The number of unbranched alkanes of at least 4 members (excludes halogenated alkanes) is 2. The van der Waals surface area contributed by atoms with Crippen LogP contribution in [0.3, 0.4) is 0 Å². The van der Waals surface area contributed by atoms with Crippen LogP contribution >= 0.6 is 0 Å². The smallest absolute Gasteiger partial charge is 0.0958 e. The monoisotopic (exact) mass is 512 g/mol. The molecule has 2 aromatic carbocycles. The van der Waals surface area contributed by atoms with Gasteiger partial charge in [0, 0.05) is 50.6 Å². The molecule has 5 N–H and O–H groups in total. The number of nitrogens with one attached hydrogen (secondary N) is 1. The zero-order valence-corrected chi connectivity index (χ0v) is 23.3. The fourth-order valence-corrected chi connectivity index (χ4v) is 4.22. The number of nitrogen functional groups attached to an aromatic ring is 1. The van der Waals surface area contributed by atoms with Crippen molar-refractivity contribution >= 4 is 33.8 Å². The molecule has 0 atom stereocenters. The van der Waals surface area contributed by atoms with E-state index in [1.165, 1.54) is 18.4 Å². The van der Waals surface area contributed by atoms with Gasteiger partial charge in [-0.15, -0.1) is 0 Å². The Bertz CT molecular complexity index is 1040. The maximum Gasteiger partial charge on any atom is 0.0958 e. The van der Waals surface area contributed by atoms with Crippen molar-refractivity contribution in [2.75, 3.05) is 66.8 Å². The molecular formula is C29H48N6O2. The van der Waals surface area contributed by atoms with Gasteiger partial charge in [-0.25, -0.2) is 4.98 Å². The minimum Gasteiger partial charge on any atom is -0.397 e. The lowest BCUT2D eigenvalue weighted by atomic mass is 10.2. The number of aryl methyl sites for hydroxylation is 1. The first-order valence-corrected chi connectivity index (χ1v) is 13.8. The van der Waals surface area contributed by atoms with E-state index < -0.39 is 0 Å². The number of nitrogens with two attached hydrogens (primary N) is 1. The molecule has 0 saturated carbocycles. The van der Waals surface area contributed by atoms with Crippen LogP contribution < -0.4 is 20.9 Å². The van der Waals surface area contributed by atoms with Gasteiger partial charge in [0.1, 0.15) is 0 Å². The van der Waals surface area contributed by atoms with Gasteiger partial charge in [-0.3, -0.25) is 0 Å². The molecule has 0 bridgehead atoms. The highest BCUT2D eigenvalue weighted by Gasteiger charge is 2.08. The fourth-order valence-electron chi connectivity index (χ4n) is 4.22. The molecule has 1 heterocycles. The minimum absolute atomic E-state index is 0.164. The third-order valence-corrected chi connectivity index (χ3v) is 6.47. The Kier molecular flexibility index (Phi) is 13.7. The third-order valence-electron chi connectivity index (χ3n) is 6.47. The van der Waals surface area contributed by atoms with E-state index in [-0.39, 0.29) is 13.2 Å². The predicted molar refractivity (Wildman–Crippen MR) is 159 cm³/mol. The van der Waals surface area contributed by atoms with Crippen LogP contribution in [0.25, 0.3) is 11.0 Å². The maximum absolute atomic E-state index is 9.11. The topological polar surface area (TPSA) is 103 Å². The molecule has 0 amide bonds. The first kappa shape index (κ1) is 30.3. The highest BCUT2D eigenvalue weighted by molar-refractivity contribution is 5.80. The van der Waals surface area contributed by atoms with Crippen molar-refractivity contribution in [1.29, 1.82) is 0 Å². The summed E-state index contributed by atoms with van der Waals surface area (Å²) in [6.07, 6.45) is 6.58. The summed E-state index contributed by atoms with van der Waals surface area (Å²) < 4.78 is 2.22. The summed E-state index contributed by atoms with van der Waals surface area (Å²) >= 11 is 0. The van der Waals surface area contributed by atoms with E-state index in [0.29, 0.717) is 13.1 Å². The van der Waals surface area contributed by atoms with Crippen molar-refractivity contribution in [3.8, 4) is 0 Å². The summed E-state index contributed by atoms with van der Waals surface area (Å²) in [7, 11) is 0. The molecule has 0 fully saturated rings. The molecule has 0 aliphatic carbocycles. The average molecular weight is 513 g/mol. The molecular weight excluding hydrogens is 464 g/mol. The Morgan fingerprint density at radius 2 is 1.49 bits per heavy atom. The van der Waals surface area contributed by atoms with Crippen LogP contribution in [0.1, 0.15) is 53.4 Å². The summed E-state index contributed by atoms with van der Waals surface area (Å²) in [5.41, 5.74) is 12.2. The molecule has 0 unspecified atom stereocenters. The van der Waals surface area contributed by atoms with Crippen molar-refractivity contribution in [2.45, 2.75) is 59.9 Å². The molecule has 8 nitrogen and oxygen atoms in total. The average Bonchev–Trinajstić information content (AvgIpc) is 3.33. The Morgan fingerprint density at radius 3 is 2.08 bits per heavy atom. The molecule has 0 saturated heterocycles. The molecule has 0 spiro atoms. The number of aliphatic hydroxyl groups is 2. The second kappa shape index (κ2) is 16.7. The van der Waals surface area contributed by atoms with E-state index in [4.69, 9.17) is 15.9 Å². The largest absolute Gasteiger partial charge is 0.397 e. The first-order chi connectivity index (χ1) is 18.0. The number of nitrogens with zero attached hydrogens (tertiary/aromatic N) is 4. The summed E-state index contributed by atoms with van der Waals surface area (Å²) in [6.45, 7) is 13.9. The normalized spacial score (nSPS) is 10.8. The number of anilines is 4. The van der Waals surface area contributed by atoms with E-state index in [1.807, 2.05) is 18.5 Å². The number of aliphatic hydroxyl groups excluding tert-OH is 2. The van der Waals surface area contributed by atoms with Gasteiger partial charge in [-0.05, 0) is 63.1 Å². The van der Waals surface area contributed by atoms with Gasteiger partial charge >= 0.3 is 0 Å². The van der Waals surface area contributed by atoms with Gasteiger partial charge in [0.15, 0.2) is 0 Å². The molecule has 3 rings (SSSR count). The van der Waals surface area contributed by atoms with Gasteiger partial charge in [0.25, 0.3) is 0 Å². The number of hydrogen-bond donors (Lipinski definition) is 4. The Labute approximate surface area is 223 Å². The maximum atomic E-state index is 9.11. The Morgan fingerprint density at radius 1 is 0.865 bits per heavy atom. The van der Waals surface area contributed by atoms with Crippen LogP contribution in [-0.2, 0) is 6.54 Å². The summed E-state index contributed by atoms with van der Waals surface area (Å²) in [6, 6.07) is 12.3. The molecule has 37 heavy (non-hydrogen) atoms. The molecule has 0 aliphatic heterocycles. The zero-order valence-electron chi connectivity index (χ0n) is 23.3. The molecule has 206 valence electrons. The number of hydrogen-bond acceptors (Lipinski definition) is 7. The van der Waals surface area contributed by atoms with Crippen LogP contribution in [-0.4, -0.2) is 65.7 Å². The third kappa shape index (κ3) is 9.13. The Hall–Kier alpha value is -2.97. The number of benzene rings is 2. The number of rotatable bonds is 15. The standard InChI is InChI=1S/C15H23N3O.C14H25N3O/c1-3-5-8-18-12-16-14-7-6-13(11-15(14)18)17(4-2)9-10-19;1-3-5-8-16-14-11-12(6-7-13(14)15)17(4-2)9-10-18/h6-7,11-12,19H,3-5,8-10H2,1-2H3;6-7,11,16,18H,3-5,8-10,15H2,1-2H3. The van der Waals surface area contributed by atoms with Crippen molar-refractivity contribution in [2.24, 2.45) is 0 Å². The van der Waals surface area contributed by atoms with Gasteiger partial charge in [0.05, 0.1) is 41.9 Å². The molecule has 0 radical (unpaired) electrons. The van der Waals surface area contributed by atoms with E-state index in [2.05, 4.69) is 76.6 Å². The first-order valence-electron chi connectivity index (χ1n) is 13.8. The second-order valence-corrected chi connectivity index (χ2v) is 9.12. The number of imidazole rings is 1. The molecule has 1 aromatic heterocycles. The van der Waals surface area contributed by atoms with Gasteiger partial charge < -0.3 is 35.6 Å². The van der Waals surface area contributed by atoms with E-state index >= 15 is 0 Å². The quantitative estimate of drug-likeness (QED) is 0.169. The highest BCUT2D eigenvalue weighted by atomic mass is 16.3. The molecule has 0 aliphatic rings. The lowest BCUT2D eigenvalue weighted by Gasteiger charge is -2.23. The SMILES string of the molecule is CCCCNc1cc(N(CC)CCO)ccc1N.CCCCn1cnc2ccc(N(CC)CCO)cc21. The van der Waals surface area contributed by atoms with E-state index in [1.54, 1.807) is 0 Å². The van der Waals surface area contributed by atoms with Crippen molar-refractivity contribution in [3.63, 3.8) is 0 Å². The minimum atomic E-state index is 0.164. The van der Waals surface area contributed by atoms with Crippen LogP contribution in [0.5, 0.6) is 0 Å². The van der Waals surface area contributed by atoms with E-state index in [0.717, 1.165) is 67.3 Å². The van der Waals surface area contributed by atoms with Gasteiger partial charge in [-0.2, -0.15) is 0 Å². The second-order valence-electron chi connectivity index (χ2n) is 9.12. The van der Waals surface area contributed by atoms with E-state index in [9.17, 15) is 0 Å². The van der Waals surface area contributed by atoms with Crippen molar-refractivity contribution in [1.82, 2.24) is 9.55 Å². The van der Waals surface area contributed by atoms with Crippen LogP contribution in [0.15, 0.2) is 42.7 Å². The molecule has 8 heteroatoms. The van der Waals surface area contributed by atoms with Crippen LogP contribution in [0.4, 0.5) is 22.7 Å². The number of likely N-dealkylation sites (N-methyl/N-ethyl adjacent to an activating group) is 2. The summed E-state index contributed by atoms with van der Waals surface area (Å²) in [5.74, 6) is 0. The summed E-state index contributed by atoms with van der Waals surface area (Å²) in [4.78, 5) is 8.75. The zero-order chi connectivity index (χ0) is 27.0. The van der Waals surface area contributed by atoms with Crippen LogP contribution in [0.2, 0.25) is 0 Å². The number of fused-ring (bicyclic) bond motifs is 1. The van der Waals surface area contributed by atoms with Crippen molar-refractivity contribution < 1.29 is 10.2 Å². The Balaban J connectivity index is 0.000000261. The summed E-state index contributed by atoms with van der Waals surface area (Å²) in [5, 5.41) is 21.5.